The summed E-state index contributed by atoms with van der Waals surface area (Å²) in [5, 5.41) is 0. The highest BCUT2D eigenvalue weighted by Gasteiger charge is 2.30. The van der Waals surface area contributed by atoms with E-state index in [0.717, 1.165) is 23.0 Å². The molecule has 5 heteroatoms. The van der Waals surface area contributed by atoms with Crippen molar-refractivity contribution in [1.82, 2.24) is 9.97 Å². The van der Waals surface area contributed by atoms with Crippen molar-refractivity contribution in [2.45, 2.75) is 53.1 Å². The van der Waals surface area contributed by atoms with Gasteiger partial charge in [0.2, 0.25) is 0 Å². The number of nitrogen functional groups attached to an aromatic ring is 1. The Labute approximate surface area is 124 Å². The first kappa shape index (κ1) is 16.4. The molecule has 0 spiro atoms. The Morgan fingerprint density at radius 3 is 2.42 bits per heavy atom. The number of ether oxygens (including phenoxy) is 1. The van der Waals surface area contributed by atoms with Crippen LogP contribution in [0.4, 0.5) is 5.82 Å². The van der Waals surface area contributed by atoms with Gasteiger partial charge in [-0.1, -0.05) is 20.8 Å². The van der Waals surface area contributed by atoms with Gasteiger partial charge in [-0.05, 0) is 48.5 Å². The second-order valence-electron chi connectivity index (χ2n) is 5.31. The maximum absolute atomic E-state index is 5.99. The Hall–Kier alpha value is -0.680. The number of hydrogen-bond donors (Lipinski definition) is 1. The van der Waals surface area contributed by atoms with Gasteiger partial charge in [-0.3, -0.25) is 0 Å². The van der Waals surface area contributed by atoms with Crippen molar-refractivity contribution in [3.05, 3.63) is 16.0 Å². The molecule has 19 heavy (non-hydrogen) atoms. The zero-order chi connectivity index (χ0) is 14.6. The zero-order valence-electron chi connectivity index (χ0n) is 12.5. The molecule has 0 aliphatic carbocycles. The first-order chi connectivity index (χ1) is 8.84. The van der Waals surface area contributed by atoms with Gasteiger partial charge < -0.3 is 10.5 Å². The fraction of sp³-hybridized carbons (Fsp3) is 0.714. The van der Waals surface area contributed by atoms with Crippen LogP contribution in [-0.2, 0) is 16.8 Å². The highest BCUT2D eigenvalue weighted by atomic mass is 79.9. The minimum atomic E-state index is -0.477. The van der Waals surface area contributed by atoms with E-state index >= 15 is 0 Å². The smallest absolute Gasteiger partial charge is 0.162 e. The van der Waals surface area contributed by atoms with Gasteiger partial charge in [-0.15, -0.1) is 0 Å². The Morgan fingerprint density at radius 2 is 1.95 bits per heavy atom. The van der Waals surface area contributed by atoms with E-state index in [2.05, 4.69) is 46.7 Å². The third-order valence-corrected chi connectivity index (χ3v) is 4.02. The van der Waals surface area contributed by atoms with E-state index in [-0.39, 0.29) is 0 Å². The zero-order valence-corrected chi connectivity index (χ0v) is 14.0. The van der Waals surface area contributed by atoms with Gasteiger partial charge in [0.25, 0.3) is 0 Å². The second kappa shape index (κ2) is 6.66. The van der Waals surface area contributed by atoms with Crippen LogP contribution in [0.15, 0.2) is 4.47 Å². The number of halogens is 1. The van der Waals surface area contributed by atoms with Crippen LogP contribution < -0.4 is 5.73 Å². The predicted octanol–water partition coefficient (Wildman–Crippen LogP) is 3.68. The standard InChI is InChI=1S/C14H24BrN3O/c1-6-14(5,19-7-2)13-17-10(8-9(3)4)11(15)12(16)18-13/h9H,6-8H2,1-5H3,(H2,16,17,18). The molecule has 1 unspecified atom stereocenters. The fourth-order valence-electron chi connectivity index (χ4n) is 1.91. The highest BCUT2D eigenvalue weighted by Crippen LogP contribution is 2.31. The number of rotatable bonds is 6. The SMILES string of the molecule is CCOC(C)(CC)c1nc(N)c(Br)c(CC(C)C)n1. The minimum absolute atomic E-state index is 0.477. The molecule has 1 rings (SSSR count). The number of aromatic nitrogens is 2. The molecule has 1 heterocycles. The van der Waals surface area contributed by atoms with E-state index in [0.29, 0.717) is 24.2 Å². The molecule has 0 fully saturated rings. The largest absolute Gasteiger partial charge is 0.383 e. The van der Waals surface area contributed by atoms with Crippen LogP contribution in [-0.4, -0.2) is 16.6 Å². The first-order valence-corrected chi connectivity index (χ1v) is 7.59. The van der Waals surface area contributed by atoms with Gasteiger partial charge in [0.05, 0.1) is 10.2 Å². The maximum Gasteiger partial charge on any atom is 0.162 e. The molecule has 0 saturated carbocycles. The van der Waals surface area contributed by atoms with Crippen LogP contribution in [0.3, 0.4) is 0 Å². The summed E-state index contributed by atoms with van der Waals surface area (Å²) in [7, 11) is 0. The van der Waals surface area contributed by atoms with Crippen LogP contribution >= 0.6 is 15.9 Å². The average molecular weight is 330 g/mol. The molecule has 0 amide bonds. The summed E-state index contributed by atoms with van der Waals surface area (Å²) in [5.41, 5.74) is 6.47. The van der Waals surface area contributed by atoms with Crippen LogP contribution in [0.5, 0.6) is 0 Å². The van der Waals surface area contributed by atoms with Gasteiger partial charge >= 0.3 is 0 Å². The summed E-state index contributed by atoms with van der Waals surface area (Å²) in [4.78, 5) is 9.07. The van der Waals surface area contributed by atoms with Crippen molar-refractivity contribution >= 4 is 21.7 Å². The summed E-state index contributed by atoms with van der Waals surface area (Å²) in [6.45, 7) is 11.0. The summed E-state index contributed by atoms with van der Waals surface area (Å²) in [6.07, 6.45) is 1.68. The summed E-state index contributed by atoms with van der Waals surface area (Å²) < 4.78 is 6.63. The number of nitrogens with zero attached hydrogens (tertiary/aromatic N) is 2. The predicted molar refractivity (Wildman–Crippen MR) is 82.0 cm³/mol. The highest BCUT2D eigenvalue weighted by molar-refractivity contribution is 9.10. The van der Waals surface area contributed by atoms with E-state index in [1.165, 1.54) is 0 Å². The van der Waals surface area contributed by atoms with Gasteiger partial charge in [-0.25, -0.2) is 9.97 Å². The van der Waals surface area contributed by atoms with E-state index < -0.39 is 5.60 Å². The second-order valence-corrected chi connectivity index (χ2v) is 6.10. The monoisotopic (exact) mass is 329 g/mol. The molecule has 1 aromatic heterocycles. The van der Waals surface area contributed by atoms with E-state index in [4.69, 9.17) is 10.5 Å². The third-order valence-electron chi connectivity index (χ3n) is 3.16. The lowest BCUT2D eigenvalue weighted by Gasteiger charge is -2.27. The molecule has 2 N–H and O–H groups in total. The van der Waals surface area contributed by atoms with Gasteiger partial charge in [0.1, 0.15) is 11.4 Å². The molecule has 0 aliphatic heterocycles. The topological polar surface area (TPSA) is 61.0 Å². The number of nitrogens with two attached hydrogens (primary N) is 1. The molecule has 0 radical (unpaired) electrons. The van der Waals surface area contributed by atoms with E-state index in [1.54, 1.807) is 0 Å². The molecule has 0 bridgehead atoms. The van der Waals surface area contributed by atoms with Crippen molar-refractivity contribution in [3.63, 3.8) is 0 Å². The van der Waals surface area contributed by atoms with Gasteiger partial charge in [0.15, 0.2) is 5.82 Å². The molecule has 0 aliphatic rings. The molecule has 1 atom stereocenters. The first-order valence-electron chi connectivity index (χ1n) is 6.80. The molecule has 4 nitrogen and oxygen atoms in total. The van der Waals surface area contributed by atoms with Gasteiger partial charge in [0, 0.05) is 6.61 Å². The van der Waals surface area contributed by atoms with Gasteiger partial charge in [-0.2, -0.15) is 0 Å². The van der Waals surface area contributed by atoms with Crippen molar-refractivity contribution in [2.75, 3.05) is 12.3 Å². The fourth-order valence-corrected chi connectivity index (χ4v) is 2.25. The normalized spacial score (nSPS) is 14.7. The minimum Gasteiger partial charge on any atom is -0.383 e. The molecule has 0 aromatic carbocycles. The van der Waals surface area contributed by atoms with Crippen molar-refractivity contribution in [1.29, 1.82) is 0 Å². The molecular formula is C14H24BrN3O. The average Bonchev–Trinajstić information content (AvgIpc) is 2.34. The van der Waals surface area contributed by atoms with E-state index in [1.807, 2.05) is 13.8 Å². The van der Waals surface area contributed by atoms with Crippen LogP contribution in [0.1, 0.15) is 52.6 Å². The summed E-state index contributed by atoms with van der Waals surface area (Å²) in [5.74, 6) is 1.67. The maximum atomic E-state index is 5.99. The summed E-state index contributed by atoms with van der Waals surface area (Å²) in [6, 6.07) is 0. The van der Waals surface area contributed by atoms with Crippen molar-refractivity contribution in [3.8, 4) is 0 Å². The Morgan fingerprint density at radius 1 is 1.32 bits per heavy atom. The quantitative estimate of drug-likeness (QED) is 0.864. The van der Waals surface area contributed by atoms with Crippen LogP contribution in [0.2, 0.25) is 0 Å². The lowest BCUT2D eigenvalue weighted by Crippen LogP contribution is -2.29. The molecular weight excluding hydrogens is 306 g/mol. The molecule has 108 valence electrons. The lowest BCUT2D eigenvalue weighted by molar-refractivity contribution is -0.0391. The van der Waals surface area contributed by atoms with Crippen LogP contribution in [0, 0.1) is 5.92 Å². The van der Waals surface area contributed by atoms with Crippen molar-refractivity contribution < 1.29 is 4.74 Å². The third kappa shape index (κ3) is 3.89. The Balaban J connectivity index is 3.25. The molecule has 0 saturated heterocycles. The number of hydrogen-bond acceptors (Lipinski definition) is 4. The Bertz CT molecular complexity index is 437. The summed E-state index contributed by atoms with van der Waals surface area (Å²) >= 11 is 3.48. The Kier molecular flexibility index (Phi) is 5.74. The van der Waals surface area contributed by atoms with Crippen molar-refractivity contribution in [2.24, 2.45) is 5.92 Å². The number of anilines is 1. The van der Waals surface area contributed by atoms with Crippen LogP contribution in [0.25, 0.3) is 0 Å². The van der Waals surface area contributed by atoms with E-state index in [9.17, 15) is 0 Å². The molecule has 1 aromatic rings. The lowest BCUT2D eigenvalue weighted by atomic mass is 10.0.